The van der Waals surface area contributed by atoms with Gasteiger partial charge >= 0.3 is 5.97 Å². The van der Waals surface area contributed by atoms with Crippen molar-refractivity contribution in [2.75, 3.05) is 21.3 Å². The predicted molar refractivity (Wildman–Crippen MR) is 68.6 cm³/mol. The molecule has 0 aromatic heterocycles. The number of benzene rings is 1. The minimum atomic E-state index is -0.316. The number of hydrogen-bond acceptors (Lipinski definition) is 4. The molecule has 1 aromatic carbocycles. The van der Waals surface area contributed by atoms with Crippen LogP contribution in [0.4, 0.5) is 0 Å². The minimum absolute atomic E-state index is 0.144. The van der Waals surface area contributed by atoms with Gasteiger partial charge in [0.1, 0.15) is 0 Å². The molecule has 0 aliphatic heterocycles. The smallest absolute Gasteiger partial charge is 0.338 e. The summed E-state index contributed by atoms with van der Waals surface area (Å²) < 4.78 is 15.1. The molecule has 1 rings (SSSR count). The van der Waals surface area contributed by atoms with Gasteiger partial charge in [0, 0.05) is 20.6 Å². The molecule has 0 bridgehead atoms. The largest absolute Gasteiger partial charge is 0.465 e. The van der Waals surface area contributed by atoms with Crippen LogP contribution in [0, 0.1) is 0 Å². The lowest BCUT2D eigenvalue weighted by molar-refractivity contribution is -0.108. The third-order valence-electron chi connectivity index (χ3n) is 2.97. The first-order chi connectivity index (χ1) is 8.63. The molecule has 0 aliphatic rings. The maximum absolute atomic E-state index is 11.7. The summed E-state index contributed by atoms with van der Waals surface area (Å²) in [5, 5.41) is 0. The van der Waals surface area contributed by atoms with Crippen LogP contribution in [0.1, 0.15) is 35.2 Å². The molecule has 1 aromatic rings. The Morgan fingerprint density at radius 3 is 2.33 bits per heavy atom. The molecule has 0 N–H and O–H groups in total. The third-order valence-corrected chi connectivity index (χ3v) is 2.97. The first-order valence-corrected chi connectivity index (χ1v) is 5.86. The van der Waals surface area contributed by atoms with Crippen LogP contribution in [0.3, 0.4) is 0 Å². The van der Waals surface area contributed by atoms with E-state index >= 15 is 0 Å². The van der Waals surface area contributed by atoms with E-state index in [9.17, 15) is 4.79 Å². The van der Waals surface area contributed by atoms with Gasteiger partial charge in [-0.15, -0.1) is 0 Å². The third kappa shape index (κ3) is 3.55. The van der Waals surface area contributed by atoms with Crippen molar-refractivity contribution in [1.82, 2.24) is 0 Å². The van der Waals surface area contributed by atoms with Crippen molar-refractivity contribution in [3.8, 4) is 0 Å². The van der Waals surface area contributed by atoms with Crippen molar-refractivity contribution >= 4 is 5.97 Å². The van der Waals surface area contributed by atoms with E-state index in [0.29, 0.717) is 12.0 Å². The molecule has 0 aliphatic carbocycles. The fourth-order valence-corrected chi connectivity index (χ4v) is 1.93. The molecule has 0 amide bonds. The lowest BCUT2D eigenvalue weighted by atomic mass is 9.93. The molecule has 18 heavy (non-hydrogen) atoms. The van der Waals surface area contributed by atoms with Gasteiger partial charge in [0.25, 0.3) is 0 Å². The van der Waals surface area contributed by atoms with Gasteiger partial charge in [0.05, 0.1) is 12.7 Å². The summed E-state index contributed by atoms with van der Waals surface area (Å²) in [6, 6.07) is 7.44. The highest BCUT2D eigenvalue weighted by Crippen LogP contribution is 2.25. The number of carbonyl (C=O) groups excluding carboxylic acids is 1. The van der Waals surface area contributed by atoms with Crippen molar-refractivity contribution in [3.63, 3.8) is 0 Å². The van der Waals surface area contributed by atoms with Crippen LogP contribution in [0.5, 0.6) is 0 Å². The van der Waals surface area contributed by atoms with Gasteiger partial charge in [-0.25, -0.2) is 4.79 Å². The van der Waals surface area contributed by atoms with E-state index < -0.39 is 0 Å². The second-order valence-electron chi connectivity index (χ2n) is 4.12. The second-order valence-corrected chi connectivity index (χ2v) is 4.12. The Bertz CT molecular complexity index is 385. The maximum atomic E-state index is 11.7. The number of methoxy groups -OCH3 is 3. The molecule has 1 unspecified atom stereocenters. The van der Waals surface area contributed by atoms with Crippen molar-refractivity contribution in [2.45, 2.75) is 25.6 Å². The Morgan fingerprint density at radius 2 is 1.78 bits per heavy atom. The fourth-order valence-electron chi connectivity index (χ4n) is 1.93. The van der Waals surface area contributed by atoms with Crippen LogP contribution < -0.4 is 0 Å². The molecule has 0 saturated heterocycles. The Labute approximate surface area is 108 Å². The molecule has 0 fully saturated rings. The van der Waals surface area contributed by atoms with E-state index in [4.69, 9.17) is 14.2 Å². The molecule has 0 spiro atoms. The first-order valence-electron chi connectivity index (χ1n) is 5.86. The van der Waals surface area contributed by atoms with Crippen molar-refractivity contribution in [3.05, 3.63) is 35.4 Å². The van der Waals surface area contributed by atoms with Crippen LogP contribution in [-0.4, -0.2) is 33.6 Å². The summed E-state index contributed by atoms with van der Waals surface area (Å²) in [5.41, 5.74) is 1.54. The average molecular weight is 252 g/mol. The van der Waals surface area contributed by atoms with Crippen molar-refractivity contribution in [1.29, 1.82) is 0 Å². The monoisotopic (exact) mass is 252 g/mol. The molecule has 100 valence electrons. The average Bonchev–Trinajstić information content (AvgIpc) is 2.43. The fraction of sp³-hybridized carbons (Fsp3) is 0.500. The van der Waals surface area contributed by atoms with Gasteiger partial charge in [0.2, 0.25) is 0 Å². The highest BCUT2D eigenvalue weighted by molar-refractivity contribution is 5.91. The standard InChI is InChI=1S/C14H20O4/c1-10(9-13(16-2)17-3)11-7-5-6-8-12(11)14(15)18-4/h5-8,10,13H,9H2,1-4H3. The highest BCUT2D eigenvalue weighted by atomic mass is 16.7. The molecular formula is C14H20O4. The number of rotatable bonds is 6. The van der Waals surface area contributed by atoms with Gasteiger partial charge < -0.3 is 14.2 Å². The Morgan fingerprint density at radius 1 is 1.17 bits per heavy atom. The number of hydrogen-bond donors (Lipinski definition) is 0. The first kappa shape index (κ1) is 14.7. The summed E-state index contributed by atoms with van der Waals surface area (Å²) in [6.07, 6.45) is 0.409. The van der Waals surface area contributed by atoms with E-state index in [-0.39, 0.29) is 18.2 Å². The van der Waals surface area contributed by atoms with E-state index in [1.54, 1.807) is 20.3 Å². The number of ether oxygens (including phenoxy) is 3. The van der Waals surface area contributed by atoms with Gasteiger partial charge in [-0.2, -0.15) is 0 Å². The van der Waals surface area contributed by atoms with Crippen molar-refractivity contribution in [2.24, 2.45) is 0 Å². The lowest BCUT2D eigenvalue weighted by Gasteiger charge is -2.20. The Kier molecular flexibility index (Phi) is 5.82. The van der Waals surface area contributed by atoms with Crippen molar-refractivity contribution < 1.29 is 19.0 Å². The van der Waals surface area contributed by atoms with Gasteiger partial charge in [0.15, 0.2) is 6.29 Å². The SMILES string of the molecule is COC(=O)c1ccccc1C(C)CC(OC)OC. The summed E-state index contributed by atoms with van der Waals surface area (Å²) in [6.45, 7) is 2.03. The van der Waals surface area contributed by atoms with Crippen LogP contribution in [0.25, 0.3) is 0 Å². The molecular weight excluding hydrogens is 232 g/mol. The van der Waals surface area contributed by atoms with E-state index in [1.807, 2.05) is 25.1 Å². The predicted octanol–water partition coefficient (Wildman–Crippen LogP) is 2.59. The Balaban J connectivity index is 2.91. The van der Waals surface area contributed by atoms with Crippen LogP contribution in [-0.2, 0) is 14.2 Å². The zero-order chi connectivity index (χ0) is 13.5. The molecule has 4 heteroatoms. The van der Waals surface area contributed by atoms with Gasteiger partial charge in [-0.3, -0.25) is 0 Å². The summed E-state index contributed by atoms with van der Waals surface area (Å²) >= 11 is 0. The van der Waals surface area contributed by atoms with Gasteiger partial charge in [-0.1, -0.05) is 25.1 Å². The zero-order valence-electron chi connectivity index (χ0n) is 11.3. The lowest BCUT2D eigenvalue weighted by Crippen LogP contribution is -2.17. The molecule has 0 saturated carbocycles. The number of esters is 1. The molecule has 0 heterocycles. The molecule has 4 nitrogen and oxygen atoms in total. The maximum Gasteiger partial charge on any atom is 0.338 e. The summed E-state index contributed by atoms with van der Waals surface area (Å²) in [5.74, 6) is -0.172. The minimum Gasteiger partial charge on any atom is -0.465 e. The van der Waals surface area contributed by atoms with Crippen LogP contribution in [0.2, 0.25) is 0 Å². The quantitative estimate of drug-likeness (QED) is 0.576. The van der Waals surface area contributed by atoms with Crippen LogP contribution >= 0.6 is 0 Å². The van der Waals surface area contributed by atoms with Gasteiger partial charge in [-0.05, 0) is 17.5 Å². The topological polar surface area (TPSA) is 44.8 Å². The number of carbonyl (C=O) groups is 1. The summed E-state index contributed by atoms with van der Waals surface area (Å²) in [4.78, 5) is 11.7. The second kappa shape index (κ2) is 7.13. The van der Waals surface area contributed by atoms with E-state index in [1.165, 1.54) is 7.11 Å². The van der Waals surface area contributed by atoms with E-state index in [2.05, 4.69) is 0 Å². The molecule has 1 atom stereocenters. The van der Waals surface area contributed by atoms with E-state index in [0.717, 1.165) is 5.56 Å². The van der Waals surface area contributed by atoms with Crippen LogP contribution in [0.15, 0.2) is 24.3 Å². The normalized spacial score (nSPS) is 12.5. The molecule has 0 radical (unpaired) electrons. The summed E-state index contributed by atoms with van der Waals surface area (Å²) in [7, 11) is 4.59. The highest BCUT2D eigenvalue weighted by Gasteiger charge is 2.19. The zero-order valence-corrected chi connectivity index (χ0v) is 11.3. The Hall–Kier alpha value is -1.39.